The van der Waals surface area contributed by atoms with Crippen LogP contribution < -0.4 is 0 Å². The Labute approximate surface area is 376 Å². The van der Waals surface area contributed by atoms with E-state index in [2.05, 4.69) is 54.5 Å². The van der Waals surface area contributed by atoms with Crippen molar-refractivity contribution >= 4 is 0 Å². The molecule has 5 saturated heterocycles. The highest BCUT2D eigenvalue weighted by molar-refractivity contribution is 5.27. The predicted molar refractivity (Wildman–Crippen MR) is 223 cm³/mol. The molecule has 64 heavy (non-hydrogen) atoms. The minimum atomic E-state index is -2.50. The van der Waals surface area contributed by atoms with Gasteiger partial charge in [0.05, 0.1) is 37.6 Å². The first-order chi connectivity index (χ1) is 29.8. The molecule has 0 aromatic heterocycles. The summed E-state index contributed by atoms with van der Waals surface area (Å²) >= 11 is 0. The van der Waals surface area contributed by atoms with E-state index in [1.807, 2.05) is 6.92 Å². The molecule has 4 saturated carbocycles. The molecule has 5 aliphatic heterocycles. The Bertz CT molecular complexity index is 1770. The molecule has 25 atom stereocenters. The van der Waals surface area contributed by atoms with E-state index in [0.717, 1.165) is 37.7 Å². The van der Waals surface area contributed by atoms with E-state index in [-0.39, 0.29) is 51.4 Å². The van der Waals surface area contributed by atoms with Gasteiger partial charge in [-0.2, -0.15) is 0 Å². The lowest BCUT2D eigenvalue weighted by Gasteiger charge is -2.72. The average molecular weight is 913 g/mol. The van der Waals surface area contributed by atoms with E-state index in [1.54, 1.807) is 0 Å². The number of hydrogen-bond donors (Lipinski definition) is 9. The molecule has 366 valence electrons. The molecular weight excluding hydrogens is 837 g/mol. The molecule has 17 heteroatoms. The second kappa shape index (κ2) is 16.1. The Morgan fingerprint density at radius 1 is 0.781 bits per heavy atom. The Kier molecular flexibility index (Phi) is 12.1. The summed E-state index contributed by atoms with van der Waals surface area (Å²) in [5.74, 6) is -0.225. The average Bonchev–Trinajstić information content (AvgIpc) is 3.83. The van der Waals surface area contributed by atoms with Crippen molar-refractivity contribution in [2.24, 2.45) is 51.2 Å². The number of ether oxygens (including phenoxy) is 8. The van der Waals surface area contributed by atoms with E-state index in [1.165, 1.54) is 7.11 Å². The lowest BCUT2D eigenvalue weighted by Crippen LogP contribution is -2.74. The van der Waals surface area contributed by atoms with Gasteiger partial charge in [-0.1, -0.05) is 46.3 Å². The van der Waals surface area contributed by atoms with Gasteiger partial charge in [-0.05, 0) is 92.8 Å². The number of fused-ring (bicyclic) bond motifs is 4. The molecule has 0 amide bonds. The van der Waals surface area contributed by atoms with E-state index in [0.29, 0.717) is 25.4 Å². The summed E-state index contributed by atoms with van der Waals surface area (Å²) in [7, 11) is 1.28. The van der Waals surface area contributed by atoms with Crippen molar-refractivity contribution in [1.82, 2.24) is 0 Å². The van der Waals surface area contributed by atoms with E-state index in [9.17, 15) is 46.0 Å². The molecule has 0 aromatic rings. The number of allylic oxidation sites excluding steroid dienone is 1. The third-order valence-corrected chi connectivity index (χ3v) is 18.8. The summed E-state index contributed by atoms with van der Waals surface area (Å²) in [6.45, 7) is 17.2. The molecule has 11 unspecified atom stereocenters. The standard InChI is InChI=1S/C47H76O17/c1-21(2)14-23-15-44(8,55)35-24-10-11-27-42(6)13-12-25(22(3)34(42)41(4,5)17-43(27,7)45(24)18-47(35,64-23)59-19-45)61-40-33(62-39-32(53)31(52)38(57-9)63-39)36(54)46(56,20-58-40)37-30(51)29(50)28(49)26(16-48)60-37/h14,22-40,48-56H,10-13,15-20H2,1-9H3/t22-,23-,24?,25-,26?,27?,28+,29+,30-,31?,32?,33-,34?,35?,36-,37?,38?,39?,40?,42+,43+,44-,45-,46-,47-/m0/s1. The van der Waals surface area contributed by atoms with Crippen molar-refractivity contribution < 1.29 is 83.9 Å². The summed E-state index contributed by atoms with van der Waals surface area (Å²) in [6.07, 6.45) is -12.5. The summed E-state index contributed by atoms with van der Waals surface area (Å²) in [6, 6.07) is 0. The first kappa shape index (κ1) is 48.1. The van der Waals surface area contributed by atoms with Crippen LogP contribution >= 0.6 is 0 Å². The normalized spacial score (nSPS) is 58.8. The minimum Gasteiger partial charge on any atom is -0.394 e. The molecule has 9 N–H and O–H groups in total. The highest BCUT2D eigenvalue weighted by Gasteiger charge is 2.81. The molecule has 0 radical (unpaired) electrons. The molecule has 2 spiro atoms. The smallest absolute Gasteiger partial charge is 0.190 e. The summed E-state index contributed by atoms with van der Waals surface area (Å²) in [5, 5.41) is 100. The van der Waals surface area contributed by atoms with Crippen LogP contribution in [-0.4, -0.2) is 176 Å². The van der Waals surface area contributed by atoms with Gasteiger partial charge >= 0.3 is 0 Å². The first-order valence-corrected chi connectivity index (χ1v) is 23.7. The van der Waals surface area contributed by atoms with Crippen LogP contribution in [0.2, 0.25) is 0 Å². The summed E-state index contributed by atoms with van der Waals surface area (Å²) < 4.78 is 49.7. The number of rotatable bonds is 8. The van der Waals surface area contributed by atoms with Crippen molar-refractivity contribution in [2.45, 2.75) is 203 Å². The Morgan fingerprint density at radius 3 is 2.14 bits per heavy atom. The van der Waals surface area contributed by atoms with Crippen LogP contribution in [0, 0.1) is 51.2 Å². The van der Waals surface area contributed by atoms with Crippen LogP contribution in [0.5, 0.6) is 0 Å². The van der Waals surface area contributed by atoms with Crippen LogP contribution in [0.3, 0.4) is 0 Å². The van der Waals surface area contributed by atoms with Gasteiger partial charge in [0.2, 0.25) is 0 Å². The van der Waals surface area contributed by atoms with Gasteiger partial charge in [0.1, 0.15) is 60.5 Å². The molecule has 4 aliphatic carbocycles. The van der Waals surface area contributed by atoms with Crippen molar-refractivity contribution in [3.63, 3.8) is 0 Å². The predicted octanol–water partition coefficient (Wildman–Crippen LogP) is 0.852. The van der Waals surface area contributed by atoms with Crippen molar-refractivity contribution in [2.75, 3.05) is 26.9 Å². The molecule has 9 aliphatic rings. The van der Waals surface area contributed by atoms with E-state index in [4.69, 9.17) is 37.9 Å². The Hall–Kier alpha value is -0.940. The fourth-order valence-electron chi connectivity index (χ4n) is 16.8. The van der Waals surface area contributed by atoms with Crippen LogP contribution in [-0.2, 0) is 37.9 Å². The van der Waals surface area contributed by atoms with E-state index < -0.39 is 110 Å². The second-order valence-corrected chi connectivity index (χ2v) is 23.3. The lowest BCUT2D eigenvalue weighted by atomic mass is 9.32. The lowest BCUT2D eigenvalue weighted by molar-refractivity contribution is -0.378. The minimum absolute atomic E-state index is 0.0413. The molecule has 2 bridgehead atoms. The fraction of sp³-hybridized carbons (Fsp3) is 0.957. The van der Waals surface area contributed by atoms with Gasteiger partial charge in [-0.3, -0.25) is 0 Å². The zero-order chi connectivity index (χ0) is 46.5. The van der Waals surface area contributed by atoms with Gasteiger partial charge in [-0.25, -0.2) is 0 Å². The molecule has 0 aromatic carbocycles. The van der Waals surface area contributed by atoms with Gasteiger partial charge in [0.25, 0.3) is 0 Å². The van der Waals surface area contributed by atoms with Crippen molar-refractivity contribution in [3.8, 4) is 0 Å². The van der Waals surface area contributed by atoms with Gasteiger partial charge in [0, 0.05) is 31.3 Å². The van der Waals surface area contributed by atoms with Crippen molar-refractivity contribution in [1.29, 1.82) is 0 Å². The third kappa shape index (κ3) is 6.79. The number of methoxy groups -OCH3 is 1. The Balaban J connectivity index is 0.988. The monoisotopic (exact) mass is 913 g/mol. The maximum absolute atomic E-state index is 12.3. The van der Waals surface area contributed by atoms with Crippen LogP contribution in [0.25, 0.3) is 0 Å². The number of hydrogen-bond acceptors (Lipinski definition) is 17. The van der Waals surface area contributed by atoms with Gasteiger partial charge in [0.15, 0.2) is 24.7 Å². The number of aliphatic hydroxyl groups excluding tert-OH is 7. The SMILES string of the molecule is COC1OC(O[C@@H]2C(O[C@H]3CC[C@@]4(C)C([C@H]3C)C(C)(C)C[C@]3(C)C4CCC4C5[C@]6(C[C@]43CO6)O[C@@H](C=C(C)C)C[C@]5(C)O)OC[C@@](O)(C3OC(CO)[C@@H](O)[C@@H](O)[C@@H]3O)[C@H]2O)C(O)C1O. The molecular formula is C47H76O17. The maximum atomic E-state index is 12.3. The summed E-state index contributed by atoms with van der Waals surface area (Å²) in [5.41, 5.74) is -2.92. The third-order valence-electron chi connectivity index (χ3n) is 18.8. The first-order valence-electron chi connectivity index (χ1n) is 23.7. The Morgan fingerprint density at radius 2 is 1.48 bits per heavy atom. The largest absolute Gasteiger partial charge is 0.394 e. The quantitative estimate of drug-likeness (QED) is 0.121. The van der Waals surface area contributed by atoms with Crippen LogP contribution in [0.1, 0.15) is 100 Å². The zero-order valence-corrected chi connectivity index (χ0v) is 38.9. The van der Waals surface area contributed by atoms with Crippen molar-refractivity contribution in [3.05, 3.63) is 11.6 Å². The number of aliphatic hydroxyl groups is 9. The fourth-order valence-corrected chi connectivity index (χ4v) is 16.8. The molecule has 5 heterocycles. The topological polar surface area (TPSA) is 256 Å². The van der Waals surface area contributed by atoms with E-state index >= 15 is 0 Å². The second-order valence-electron chi connectivity index (χ2n) is 23.3. The molecule has 9 rings (SSSR count). The van der Waals surface area contributed by atoms with Crippen LogP contribution in [0.4, 0.5) is 0 Å². The maximum Gasteiger partial charge on any atom is 0.190 e. The summed E-state index contributed by atoms with van der Waals surface area (Å²) in [4.78, 5) is 0. The van der Waals surface area contributed by atoms with Crippen LogP contribution in [0.15, 0.2) is 11.6 Å². The molecule has 9 fully saturated rings. The van der Waals surface area contributed by atoms with Gasteiger partial charge < -0.3 is 83.9 Å². The highest BCUT2D eigenvalue weighted by atomic mass is 16.8. The highest BCUT2D eigenvalue weighted by Crippen LogP contribution is 2.81. The van der Waals surface area contributed by atoms with Gasteiger partial charge in [-0.15, -0.1) is 0 Å². The zero-order valence-electron chi connectivity index (χ0n) is 38.9. The molecule has 17 nitrogen and oxygen atoms in total.